The van der Waals surface area contributed by atoms with Crippen molar-refractivity contribution in [1.82, 2.24) is 14.8 Å². The zero-order valence-electron chi connectivity index (χ0n) is 17.4. The van der Waals surface area contributed by atoms with Crippen molar-refractivity contribution in [1.29, 1.82) is 0 Å². The summed E-state index contributed by atoms with van der Waals surface area (Å²) in [5.41, 5.74) is 3.10. The number of hydrogen-bond donors (Lipinski definition) is 1. The van der Waals surface area contributed by atoms with Gasteiger partial charge in [0.1, 0.15) is 5.75 Å². The Labute approximate surface area is 181 Å². The SMILES string of the molecule is Cc1nc(CN2CCN(C(=O)CCCOc3ccc4c(c3)CCC(=O)N4)CC2)cs1. The average Bonchev–Trinajstić information content (AvgIpc) is 3.16. The lowest BCUT2D eigenvalue weighted by atomic mass is 10.0. The third-order valence-electron chi connectivity index (χ3n) is 5.55. The van der Waals surface area contributed by atoms with Gasteiger partial charge in [0.2, 0.25) is 11.8 Å². The van der Waals surface area contributed by atoms with Gasteiger partial charge in [-0.3, -0.25) is 14.5 Å². The number of carbonyl (C=O) groups excluding carboxylic acids is 2. The quantitative estimate of drug-likeness (QED) is 0.687. The summed E-state index contributed by atoms with van der Waals surface area (Å²) in [4.78, 5) is 32.8. The Morgan fingerprint density at radius 1 is 1.23 bits per heavy atom. The normalized spacial score (nSPS) is 16.8. The number of hydrogen-bond acceptors (Lipinski definition) is 6. The highest BCUT2D eigenvalue weighted by atomic mass is 32.1. The minimum Gasteiger partial charge on any atom is -0.494 e. The van der Waals surface area contributed by atoms with E-state index in [1.54, 1.807) is 11.3 Å². The molecule has 0 spiro atoms. The monoisotopic (exact) mass is 428 g/mol. The smallest absolute Gasteiger partial charge is 0.224 e. The maximum absolute atomic E-state index is 12.5. The number of rotatable bonds is 7. The van der Waals surface area contributed by atoms with Crippen molar-refractivity contribution in [3.05, 3.63) is 39.8 Å². The Kier molecular flexibility index (Phi) is 6.64. The van der Waals surface area contributed by atoms with Crippen LogP contribution < -0.4 is 10.1 Å². The summed E-state index contributed by atoms with van der Waals surface area (Å²) in [6.45, 7) is 6.75. The number of piperazine rings is 1. The van der Waals surface area contributed by atoms with Crippen LogP contribution in [0.15, 0.2) is 23.6 Å². The molecular weight excluding hydrogens is 400 g/mol. The van der Waals surface area contributed by atoms with E-state index in [0.717, 1.165) is 66.8 Å². The van der Waals surface area contributed by atoms with Crippen LogP contribution in [0.25, 0.3) is 0 Å². The minimum atomic E-state index is 0.0637. The number of benzene rings is 1. The number of ether oxygens (including phenoxy) is 1. The molecule has 1 saturated heterocycles. The Hall–Kier alpha value is -2.45. The van der Waals surface area contributed by atoms with Crippen LogP contribution in [0.4, 0.5) is 5.69 Å². The Balaban J connectivity index is 1.15. The highest BCUT2D eigenvalue weighted by molar-refractivity contribution is 7.09. The van der Waals surface area contributed by atoms with E-state index in [-0.39, 0.29) is 11.8 Å². The molecule has 1 aromatic carbocycles. The summed E-state index contributed by atoms with van der Waals surface area (Å²) < 4.78 is 5.82. The summed E-state index contributed by atoms with van der Waals surface area (Å²) in [7, 11) is 0. The molecule has 160 valence electrons. The maximum Gasteiger partial charge on any atom is 0.224 e. The van der Waals surface area contributed by atoms with E-state index >= 15 is 0 Å². The Morgan fingerprint density at radius 2 is 2.07 bits per heavy atom. The third kappa shape index (κ3) is 5.37. The van der Waals surface area contributed by atoms with E-state index in [1.807, 2.05) is 30.0 Å². The van der Waals surface area contributed by atoms with E-state index in [1.165, 1.54) is 0 Å². The number of aryl methyl sites for hydroxylation is 2. The van der Waals surface area contributed by atoms with Gasteiger partial charge >= 0.3 is 0 Å². The Morgan fingerprint density at radius 3 is 2.83 bits per heavy atom. The van der Waals surface area contributed by atoms with Gasteiger partial charge in [-0.05, 0) is 43.5 Å². The van der Waals surface area contributed by atoms with Crippen molar-refractivity contribution < 1.29 is 14.3 Å². The van der Waals surface area contributed by atoms with Gasteiger partial charge in [0.05, 0.1) is 17.3 Å². The van der Waals surface area contributed by atoms with E-state index < -0.39 is 0 Å². The molecule has 0 atom stereocenters. The van der Waals surface area contributed by atoms with E-state index in [0.29, 0.717) is 25.9 Å². The maximum atomic E-state index is 12.5. The Bertz CT molecular complexity index is 906. The zero-order chi connectivity index (χ0) is 20.9. The molecule has 2 aliphatic rings. The van der Waals surface area contributed by atoms with Crippen molar-refractivity contribution in [2.24, 2.45) is 0 Å². The molecule has 3 heterocycles. The second kappa shape index (κ2) is 9.57. The molecule has 2 aliphatic heterocycles. The van der Waals surface area contributed by atoms with Gasteiger partial charge < -0.3 is 15.0 Å². The summed E-state index contributed by atoms with van der Waals surface area (Å²) >= 11 is 1.68. The molecule has 4 rings (SSSR count). The van der Waals surface area contributed by atoms with Crippen molar-refractivity contribution in [2.75, 3.05) is 38.1 Å². The molecule has 1 N–H and O–H groups in total. The largest absolute Gasteiger partial charge is 0.494 e. The molecule has 2 amide bonds. The first-order valence-corrected chi connectivity index (χ1v) is 11.4. The molecule has 0 unspecified atom stereocenters. The van der Waals surface area contributed by atoms with Crippen molar-refractivity contribution in [2.45, 2.75) is 39.2 Å². The first-order chi connectivity index (χ1) is 14.6. The van der Waals surface area contributed by atoms with Crippen molar-refractivity contribution in [3.8, 4) is 5.75 Å². The van der Waals surface area contributed by atoms with Crippen LogP contribution in [0.5, 0.6) is 5.75 Å². The van der Waals surface area contributed by atoms with Crippen molar-refractivity contribution in [3.63, 3.8) is 0 Å². The standard InChI is InChI=1S/C22H28N4O3S/c1-16-23-18(15-30-16)14-25-8-10-26(11-9-25)22(28)3-2-12-29-19-5-6-20-17(13-19)4-7-21(27)24-20/h5-6,13,15H,2-4,7-12,14H2,1H3,(H,24,27). The fraction of sp³-hybridized carbons (Fsp3) is 0.500. The number of anilines is 1. The van der Waals surface area contributed by atoms with Crippen LogP contribution in [0.3, 0.4) is 0 Å². The second-order valence-electron chi connectivity index (χ2n) is 7.83. The third-order valence-corrected chi connectivity index (χ3v) is 6.38. The van der Waals surface area contributed by atoms with Gasteiger partial charge in [-0.25, -0.2) is 4.98 Å². The molecule has 0 radical (unpaired) electrons. The molecule has 1 fully saturated rings. The molecule has 0 bridgehead atoms. The average molecular weight is 429 g/mol. The molecule has 0 aliphatic carbocycles. The summed E-state index contributed by atoms with van der Waals surface area (Å²) in [5, 5.41) is 6.09. The molecule has 30 heavy (non-hydrogen) atoms. The lowest BCUT2D eigenvalue weighted by Gasteiger charge is -2.34. The van der Waals surface area contributed by atoms with Gasteiger partial charge in [-0.15, -0.1) is 11.3 Å². The molecule has 2 aromatic rings. The number of nitrogens with one attached hydrogen (secondary N) is 1. The summed E-state index contributed by atoms with van der Waals surface area (Å²) in [6.07, 6.45) is 2.46. The highest BCUT2D eigenvalue weighted by Crippen LogP contribution is 2.26. The van der Waals surface area contributed by atoms with Gasteiger partial charge in [-0.2, -0.15) is 0 Å². The first-order valence-electron chi connectivity index (χ1n) is 10.5. The van der Waals surface area contributed by atoms with Gasteiger partial charge in [0.25, 0.3) is 0 Å². The minimum absolute atomic E-state index is 0.0637. The van der Waals surface area contributed by atoms with Crippen LogP contribution in [0.1, 0.15) is 35.5 Å². The van der Waals surface area contributed by atoms with Gasteiger partial charge in [0, 0.05) is 56.6 Å². The number of thiazole rings is 1. The fourth-order valence-electron chi connectivity index (χ4n) is 3.89. The second-order valence-corrected chi connectivity index (χ2v) is 8.90. The molecular formula is C22H28N4O3S. The first kappa shape index (κ1) is 20.8. The summed E-state index contributed by atoms with van der Waals surface area (Å²) in [5.74, 6) is 1.06. The number of nitrogens with zero attached hydrogens (tertiary/aromatic N) is 3. The lowest BCUT2D eigenvalue weighted by molar-refractivity contribution is -0.133. The topological polar surface area (TPSA) is 74.8 Å². The highest BCUT2D eigenvalue weighted by Gasteiger charge is 2.21. The number of amides is 2. The summed E-state index contributed by atoms with van der Waals surface area (Å²) in [6, 6.07) is 5.74. The fourth-order valence-corrected chi connectivity index (χ4v) is 4.49. The van der Waals surface area contributed by atoms with Crippen molar-refractivity contribution >= 4 is 28.8 Å². The predicted molar refractivity (Wildman–Crippen MR) is 117 cm³/mol. The molecule has 8 heteroatoms. The molecule has 1 aromatic heterocycles. The van der Waals surface area contributed by atoms with Crippen LogP contribution in [-0.2, 0) is 22.6 Å². The van der Waals surface area contributed by atoms with Crippen LogP contribution >= 0.6 is 11.3 Å². The van der Waals surface area contributed by atoms with E-state index in [4.69, 9.17) is 4.74 Å². The van der Waals surface area contributed by atoms with E-state index in [2.05, 4.69) is 20.6 Å². The van der Waals surface area contributed by atoms with Crippen LogP contribution in [0.2, 0.25) is 0 Å². The molecule has 0 saturated carbocycles. The number of aromatic nitrogens is 1. The van der Waals surface area contributed by atoms with Gasteiger partial charge in [-0.1, -0.05) is 0 Å². The van der Waals surface area contributed by atoms with Crippen LogP contribution in [0, 0.1) is 6.92 Å². The zero-order valence-corrected chi connectivity index (χ0v) is 18.2. The van der Waals surface area contributed by atoms with Gasteiger partial charge in [0.15, 0.2) is 0 Å². The molecule has 7 nitrogen and oxygen atoms in total. The number of fused-ring (bicyclic) bond motifs is 1. The predicted octanol–water partition coefficient (Wildman–Crippen LogP) is 2.84. The number of carbonyl (C=O) groups is 2. The van der Waals surface area contributed by atoms with E-state index in [9.17, 15) is 9.59 Å². The lowest BCUT2D eigenvalue weighted by Crippen LogP contribution is -2.48. The van der Waals surface area contributed by atoms with Crippen LogP contribution in [-0.4, -0.2) is 59.4 Å².